The summed E-state index contributed by atoms with van der Waals surface area (Å²) in [6.07, 6.45) is -1.49. The Morgan fingerprint density at radius 2 is 2.08 bits per heavy atom. The number of nitrogens with zero attached hydrogens (tertiary/aromatic N) is 4. The lowest BCUT2D eigenvalue weighted by atomic mass is 10.2. The Morgan fingerprint density at radius 3 is 2.79 bits per heavy atom. The zero-order valence-corrected chi connectivity index (χ0v) is 13.9. The largest absolute Gasteiger partial charge is 0.433 e. The number of alkyl halides is 3. The number of benzene rings is 1. The molecule has 0 aliphatic rings. The van der Waals surface area contributed by atoms with Gasteiger partial charge in [-0.05, 0) is 30.0 Å². The predicted molar refractivity (Wildman–Crippen MR) is 87.7 cm³/mol. The number of rotatable bonds is 4. The van der Waals surface area contributed by atoms with Gasteiger partial charge in [0.2, 0.25) is 0 Å². The molecule has 0 aliphatic heterocycles. The summed E-state index contributed by atoms with van der Waals surface area (Å²) in [5.74, 6) is 0.671. The van der Waals surface area contributed by atoms with Gasteiger partial charge in [-0.1, -0.05) is 11.6 Å². The SMILES string of the molecule is CSCc1cc(Nc2cc(C(F)(F)F)nc3ncnn23)ccc1Cl. The first-order chi connectivity index (χ1) is 11.4. The second-order valence-corrected chi connectivity index (χ2v) is 6.13. The molecule has 5 nitrogen and oxygen atoms in total. The van der Waals surface area contributed by atoms with E-state index in [1.54, 1.807) is 30.0 Å². The summed E-state index contributed by atoms with van der Waals surface area (Å²) in [5, 5.41) is 7.42. The van der Waals surface area contributed by atoms with Gasteiger partial charge in [-0.2, -0.15) is 39.5 Å². The fraction of sp³-hybridized carbons (Fsp3) is 0.214. The van der Waals surface area contributed by atoms with Gasteiger partial charge in [0.25, 0.3) is 5.78 Å². The molecular formula is C14H11ClF3N5S. The van der Waals surface area contributed by atoms with Gasteiger partial charge in [-0.15, -0.1) is 0 Å². The summed E-state index contributed by atoms with van der Waals surface area (Å²) in [4.78, 5) is 7.20. The maximum absolute atomic E-state index is 13.0. The molecule has 10 heteroatoms. The average molecular weight is 374 g/mol. The molecule has 0 spiro atoms. The van der Waals surface area contributed by atoms with Crippen LogP contribution >= 0.6 is 23.4 Å². The Balaban J connectivity index is 2.03. The Bertz CT molecular complexity index is 880. The van der Waals surface area contributed by atoms with Gasteiger partial charge >= 0.3 is 6.18 Å². The van der Waals surface area contributed by atoms with Crippen molar-refractivity contribution in [3.05, 3.63) is 46.9 Å². The zero-order chi connectivity index (χ0) is 17.3. The van der Waals surface area contributed by atoms with E-state index in [1.807, 2.05) is 6.26 Å². The maximum atomic E-state index is 13.0. The Labute approximate surface area is 144 Å². The van der Waals surface area contributed by atoms with E-state index in [0.29, 0.717) is 16.5 Å². The first-order valence-electron chi connectivity index (χ1n) is 6.71. The highest BCUT2D eigenvalue weighted by atomic mass is 35.5. The molecule has 0 amide bonds. The van der Waals surface area contributed by atoms with Crippen LogP contribution in [0.3, 0.4) is 0 Å². The van der Waals surface area contributed by atoms with Crippen LogP contribution < -0.4 is 5.32 Å². The predicted octanol–water partition coefficient (Wildman–Crippen LogP) is 4.40. The molecule has 0 saturated heterocycles. The van der Waals surface area contributed by atoms with Crippen LogP contribution in [0.4, 0.5) is 24.7 Å². The van der Waals surface area contributed by atoms with Crippen LogP contribution in [0.25, 0.3) is 5.78 Å². The zero-order valence-electron chi connectivity index (χ0n) is 12.3. The number of hydrogen-bond donors (Lipinski definition) is 1. The van der Waals surface area contributed by atoms with Crippen LogP contribution in [0.15, 0.2) is 30.6 Å². The molecular weight excluding hydrogens is 363 g/mol. The van der Waals surface area contributed by atoms with E-state index in [9.17, 15) is 13.2 Å². The van der Waals surface area contributed by atoms with Gasteiger partial charge in [-0.25, -0.2) is 4.98 Å². The fourth-order valence-electron chi connectivity index (χ4n) is 2.11. The Hall–Kier alpha value is -2.00. The van der Waals surface area contributed by atoms with Crippen molar-refractivity contribution in [3.63, 3.8) is 0 Å². The number of halogens is 4. The lowest BCUT2D eigenvalue weighted by molar-refractivity contribution is -0.141. The molecule has 0 bridgehead atoms. The molecule has 2 heterocycles. The summed E-state index contributed by atoms with van der Waals surface area (Å²) < 4.78 is 40.2. The van der Waals surface area contributed by atoms with E-state index in [1.165, 1.54) is 4.52 Å². The van der Waals surface area contributed by atoms with Crippen molar-refractivity contribution in [1.29, 1.82) is 0 Å². The van der Waals surface area contributed by atoms with E-state index < -0.39 is 11.9 Å². The number of nitrogens with one attached hydrogen (secondary N) is 1. The van der Waals surface area contributed by atoms with Crippen LogP contribution in [0.1, 0.15) is 11.3 Å². The first-order valence-corrected chi connectivity index (χ1v) is 8.48. The van der Waals surface area contributed by atoms with Gasteiger partial charge < -0.3 is 5.32 Å². The lowest BCUT2D eigenvalue weighted by Gasteiger charge is -2.12. The number of fused-ring (bicyclic) bond motifs is 1. The smallest absolute Gasteiger partial charge is 0.340 e. The monoisotopic (exact) mass is 373 g/mol. The summed E-state index contributed by atoms with van der Waals surface area (Å²) in [6, 6.07) is 6.06. The summed E-state index contributed by atoms with van der Waals surface area (Å²) in [7, 11) is 0. The molecule has 2 aromatic heterocycles. The molecule has 1 N–H and O–H groups in total. The van der Waals surface area contributed by atoms with E-state index in [-0.39, 0.29) is 11.6 Å². The fourth-order valence-corrected chi connectivity index (χ4v) is 2.93. The van der Waals surface area contributed by atoms with Gasteiger partial charge in [-0.3, -0.25) is 0 Å². The molecule has 0 fully saturated rings. The molecule has 0 radical (unpaired) electrons. The minimum Gasteiger partial charge on any atom is -0.340 e. The summed E-state index contributed by atoms with van der Waals surface area (Å²) in [5.41, 5.74) is 0.442. The second kappa shape index (κ2) is 6.48. The molecule has 3 rings (SSSR count). The molecule has 0 unspecified atom stereocenters. The van der Waals surface area contributed by atoms with Crippen LogP contribution in [-0.2, 0) is 11.9 Å². The standard InChI is InChI=1S/C14H11ClF3N5S/c1-24-6-8-4-9(2-3-10(8)15)21-12-5-11(14(16,17)18)22-13-19-7-20-23(12)13/h2-5,7,21H,6H2,1H3. The Morgan fingerprint density at radius 1 is 1.29 bits per heavy atom. The quantitative estimate of drug-likeness (QED) is 0.734. The van der Waals surface area contributed by atoms with Crippen molar-refractivity contribution in [1.82, 2.24) is 19.6 Å². The van der Waals surface area contributed by atoms with Crippen molar-refractivity contribution < 1.29 is 13.2 Å². The van der Waals surface area contributed by atoms with Gasteiger partial charge in [0.05, 0.1) is 0 Å². The highest BCUT2D eigenvalue weighted by Crippen LogP contribution is 2.31. The molecule has 1 aromatic carbocycles. The second-order valence-electron chi connectivity index (χ2n) is 4.86. The number of aromatic nitrogens is 4. The van der Waals surface area contributed by atoms with E-state index >= 15 is 0 Å². The summed E-state index contributed by atoms with van der Waals surface area (Å²) >= 11 is 7.71. The number of thioether (sulfide) groups is 1. The van der Waals surface area contributed by atoms with Crippen molar-refractivity contribution in [2.24, 2.45) is 0 Å². The van der Waals surface area contributed by atoms with Gasteiger partial charge in [0.15, 0.2) is 5.69 Å². The minimum absolute atomic E-state index is 0.113. The third-order valence-electron chi connectivity index (χ3n) is 3.16. The highest BCUT2D eigenvalue weighted by molar-refractivity contribution is 7.97. The topological polar surface area (TPSA) is 55.1 Å². The van der Waals surface area contributed by atoms with Crippen LogP contribution in [0.2, 0.25) is 5.02 Å². The molecule has 24 heavy (non-hydrogen) atoms. The molecule has 0 aliphatic carbocycles. The van der Waals surface area contributed by atoms with Gasteiger partial charge in [0, 0.05) is 22.5 Å². The minimum atomic E-state index is -4.58. The molecule has 0 saturated carbocycles. The van der Waals surface area contributed by atoms with Crippen molar-refractivity contribution >= 4 is 40.6 Å². The third-order valence-corrected chi connectivity index (χ3v) is 4.13. The number of anilines is 2. The van der Waals surface area contributed by atoms with Crippen LogP contribution in [0.5, 0.6) is 0 Å². The van der Waals surface area contributed by atoms with E-state index in [0.717, 1.165) is 18.0 Å². The van der Waals surface area contributed by atoms with E-state index in [2.05, 4.69) is 20.4 Å². The third kappa shape index (κ3) is 3.41. The van der Waals surface area contributed by atoms with Gasteiger partial charge in [0.1, 0.15) is 12.1 Å². The average Bonchev–Trinajstić information content (AvgIpc) is 2.99. The van der Waals surface area contributed by atoms with Crippen LogP contribution in [0, 0.1) is 0 Å². The normalized spacial score (nSPS) is 11.9. The lowest BCUT2D eigenvalue weighted by Crippen LogP contribution is -2.12. The van der Waals surface area contributed by atoms with E-state index in [4.69, 9.17) is 11.6 Å². The van der Waals surface area contributed by atoms with Crippen LogP contribution in [-0.4, -0.2) is 25.8 Å². The van der Waals surface area contributed by atoms with Crippen molar-refractivity contribution in [2.75, 3.05) is 11.6 Å². The molecule has 0 atom stereocenters. The highest BCUT2D eigenvalue weighted by Gasteiger charge is 2.34. The molecule has 126 valence electrons. The first kappa shape index (κ1) is 16.8. The van der Waals surface area contributed by atoms with Crippen molar-refractivity contribution in [3.8, 4) is 0 Å². The number of hydrogen-bond acceptors (Lipinski definition) is 5. The summed E-state index contributed by atoms with van der Waals surface area (Å²) in [6.45, 7) is 0. The van der Waals surface area contributed by atoms with Crippen molar-refractivity contribution in [2.45, 2.75) is 11.9 Å². The maximum Gasteiger partial charge on any atom is 0.433 e. The Kier molecular flexibility index (Phi) is 4.55. The molecule has 3 aromatic rings.